The van der Waals surface area contributed by atoms with Crippen LogP contribution in [0.1, 0.15) is 0 Å². The maximum Gasteiger partial charge on any atom is 0.0631 e. The van der Waals surface area contributed by atoms with Crippen LogP contribution in [-0.2, 0) is 0 Å². The summed E-state index contributed by atoms with van der Waals surface area (Å²) < 4.78 is 3.55. The Hall–Kier alpha value is -2.06. The molecule has 0 aliphatic rings. The highest BCUT2D eigenvalue weighted by Crippen LogP contribution is 2.41. The van der Waals surface area contributed by atoms with Gasteiger partial charge >= 0.3 is 0 Å². The highest BCUT2D eigenvalue weighted by atomic mass is 79.9. The van der Waals surface area contributed by atoms with Gasteiger partial charge in [0.1, 0.15) is 0 Å². The normalized spacial score (nSPS) is 12.2. The van der Waals surface area contributed by atoms with E-state index in [4.69, 9.17) is 0 Å². The van der Waals surface area contributed by atoms with Crippen molar-refractivity contribution in [3.05, 3.63) is 65.1 Å². The van der Waals surface area contributed by atoms with Crippen LogP contribution in [0.4, 0.5) is 0 Å². The molecule has 0 fully saturated rings. The third-order valence-electron chi connectivity index (χ3n) is 4.20. The first-order valence-electron chi connectivity index (χ1n) is 6.68. The molecule has 20 heavy (non-hydrogen) atoms. The molecule has 0 atom stereocenters. The first-order valence-corrected chi connectivity index (χ1v) is 7.47. The number of para-hydroxylation sites is 2. The standard InChI is InChI=1S/C18H10BrN/c19-14-10-9-12-11-5-1-3-7-15(11)20-16-8-4-2-6-13(16)17(14)18(12)20/h1-10H. The van der Waals surface area contributed by atoms with Crippen molar-refractivity contribution < 1.29 is 0 Å². The Balaban J connectivity index is 2.32. The Morgan fingerprint density at radius 2 is 1.30 bits per heavy atom. The van der Waals surface area contributed by atoms with Crippen LogP contribution in [0.25, 0.3) is 38.1 Å². The van der Waals surface area contributed by atoms with Crippen LogP contribution in [0.5, 0.6) is 0 Å². The average Bonchev–Trinajstić information content (AvgIpc) is 2.99. The Morgan fingerprint density at radius 1 is 0.650 bits per heavy atom. The van der Waals surface area contributed by atoms with Crippen molar-refractivity contribution in [3.63, 3.8) is 0 Å². The molecule has 0 N–H and O–H groups in total. The number of hydrogen-bond donors (Lipinski definition) is 0. The summed E-state index contributed by atoms with van der Waals surface area (Å²) in [6.07, 6.45) is 0. The zero-order valence-corrected chi connectivity index (χ0v) is 12.2. The van der Waals surface area contributed by atoms with Gasteiger partial charge in [-0.05, 0) is 18.2 Å². The van der Waals surface area contributed by atoms with Crippen LogP contribution in [0, 0.1) is 0 Å². The van der Waals surface area contributed by atoms with Crippen LogP contribution >= 0.6 is 15.9 Å². The molecule has 5 aromatic rings. The number of hydrogen-bond acceptors (Lipinski definition) is 0. The van der Waals surface area contributed by atoms with E-state index in [-0.39, 0.29) is 0 Å². The number of fused-ring (bicyclic) bond motifs is 6. The fourth-order valence-corrected chi connectivity index (χ4v) is 3.95. The van der Waals surface area contributed by atoms with Gasteiger partial charge < -0.3 is 4.40 Å². The molecule has 0 aliphatic carbocycles. The molecule has 0 unspecified atom stereocenters. The van der Waals surface area contributed by atoms with E-state index >= 15 is 0 Å². The molecule has 0 spiro atoms. The minimum Gasteiger partial charge on any atom is -0.308 e. The topological polar surface area (TPSA) is 4.41 Å². The van der Waals surface area contributed by atoms with Crippen LogP contribution in [-0.4, -0.2) is 4.40 Å². The molecular weight excluding hydrogens is 310 g/mol. The van der Waals surface area contributed by atoms with Crippen molar-refractivity contribution in [2.24, 2.45) is 0 Å². The molecule has 0 saturated carbocycles. The molecule has 0 radical (unpaired) electrons. The maximum atomic E-state index is 3.72. The van der Waals surface area contributed by atoms with E-state index in [2.05, 4.69) is 81.0 Å². The number of nitrogens with zero attached hydrogens (tertiary/aromatic N) is 1. The quantitative estimate of drug-likeness (QED) is 0.350. The van der Waals surface area contributed by atoms with Crippen molar-refractivity contribution in [2.45, 2.75) is 0 Å². The maximum absolute atomic E-state index is 3.72. The lowest BCUT2D eigenvalue weighted by Gasteiger charge is -1.97. The molecule has 1 nitrogen and oxygen atoms in total. The van der Waals surface area contributed by atoms with Crippen LogP contribution in [0.2, 0.25) is 0 Å². The van der Waals surface area contributed by atoms with Crippen LogP contribution in [0.15, 0.2) is 65.1 Å². The van der Waals surface area contributed by atoms with Crippen molar-refractivity contribution in [3.8, 4) is 0 Å². The van der Waals surface area contributed by atoms with Crippen LogP contribution < -0.4 is 0 Å². The molecule has 0 aliphatic heterocycles. The second kappa shape index (κ2) is 3.53. The Morgan fingerprint density at radius 3 is 2.10 bits per heavy atom. The van der Waals surface area contributed by atoms with Gasteiger partial charge in [0.05, 0.1) is 16.6 Å². The predicted octanol–water partition coefficient (Wildman–Crippen LogP) is 5.60. The van der Waals surface area contributed by atoms with Crippen molar-refractivity contribution in [2.75, 3.05) is 0 Å². The van der Waals surface area contributed by atoms with E-state index in [1.54, 1.807) is 0 Å². The fraction of sp³-hybridized carbons (Fsp3) is 0. The van der Waals surface area contributed by atoms with E-state index in [0.29, 0.717) is 0 Å². The highest BCUT2D eigenvalue weighted by molar-refractivity contribution is 9.10. The van der Waals surface area contributed by atoms with E-state index in [1.165, 1.54) is 42.6 Å². The van der Waals surface area contributed by atoms with Crippen molar-refractivity contribution >= 4 is 54.0 Å². The van der Waals surface area contributed by atoms with Gasteiger partial charge in [0, 0.05) is 26.0 Å². The van der Waals surface area contributed by atoms with Gasteiger partial charge in [0.2, 0.25) is 0 Å². The lowest BCUT2D eigenvalue weighted by atomic mass is 10.1. The zero-order chi connectivity index (χ0) is 13.3. The lowest BCUT2D eigenvalue weighted by Crippen LogP contribution is -1.78. The van der Waals surface area contributed by atoms with Crippen molar-refractivity contribution in [1.29, 1.82) is 0 Å². The van der Waals surface area contributed by atoms with E-state index in [1.807, 2.05) is 0 Å². The smallest absolute Gasteiger partial charge is 0.0631 e. The Bertz CT molecular complexity index is 1100. The second-order valence-electron chi connectivity index (χ2n) is 5.19. The molecule has 2 aromatic heterocycles. The Labute approximate surface area is 123 Å². The molecule has 5 rings (SSSR count). The molecule has 2 heteroatoms. The number of rotatable bonds is 0. The third kappa shape index (κ3) is 1.10. The molecular formula is C18H10BrN. The number of halogens is 1. The van der Waals surface area contributed by atoms with E-state index in [0.717, 1.165) is 0 Å². The van der Waals surface area contributed by atoms with Crippen molar-refractivity contribution in [1.82, 2.24) is 4.40 Å². The summed E-state index contributed by atoms with van der Waals surface area (Å²) in [7, 11) is 0. The van der Waals surface area contributed by atoms with E-state index < -0.39 is 0 Å². The highest BCUT2D eigenvalue weighted by Gasteiger charge is 2.17. The van der Waals surface area contributed by atoms with Gasteiger partial charge in [-0.3, -0.25) is 0 Å². The molecule has 2 heterocycles. The van der Waals surface area contributed by atoms with Gasteiger partial charge in [-0.2, -0.15) is 0 Å². The number of benzene rings is 3. The molecule has 0 bridgehead atoms. The average molecular weight is 320 g/mol. The monoisotopic (exact) mass is 319 g/mol. The number of aromatic nitrogens is 1. The second-order valence-corrected chi connectivity index (χ2v) is 6.04. The summed E-state index contributed by atoms with van der Waals surface area (Å²) in [4.78, 5) is 0. The summed E-state index contributed by atoms with van der Waals surface area (Å²) >= 11 is 3.72. The van der Waals surface area contributed by atoms with Gasteiger partial charge in [0.15, 0.2) is 0 Å². The summed E-state index contributed by atoms with van der Waals surface area (Å²) in [6, 6.07) is 21.6. The first kappa shape index (κ1) is 10.7. The van der Waals surface area contributed by atoms with Gasteiger partial charge in [-0.1, -0.05) is 58.4 Å². The molecule has 0 saturated heterocycles. The summed E-state index contributed by atoms with van der Waals surface area (Å²) in [6.45, 7) is 0. The lowest BCUT2D eigenvalue weighted by molar-refractivity contribution is 1.37. The summed E-state index contributed by atoms with van der Waals surface area (Å²) in [5, 5.41) is 5.28. The van der Waals surface area contributed by atoms with Crippen LogP contribution in [0.3, 0.4) is 0 Å². The largest absolute Gasteiger partial charge is 0.308 e. The predicted molar refractivity (Wildman–Crippen MR) is 88.8 cm³/mol. The summed E-state index contributed by atoms with van der Waals surface area (Å²) in [5.74, 6) is 0. The SMILES string of the molecule is Brc1ccc2c3ccccc3n3c4ccccc4c1c23. The fourth-order valence-electron chi connectivity index (χ4n) is 3.42. The minimum atomic E-state index is 1.17. The van der Waals surface area contributed by atoms with Gasteiger partial charge in [-0.15, -0.1) is 0 Å². The molecule has 3 aromatic carbocycles. The third-order valence-corrected chi connectivity index (χ3v) is 4.86. The first-order chi connectivity index (χ1) is 9.86. The van der Waals surface area contributed by atoms with Gasteiger partial charge in [-0.25, -0.2) is 0 Å². The summed E-state index contributed by atoms with van der Waals surface area (Å²) in [5.41, 5.74) is 3.88. The Kier molecular flexibility index (Phi) is 1.89. The molecule has 94 valence electrons. The minimum absolute atomic E-state index is 1.17. The zero-order valence-electron chi connectivity index (χ0n) is 10.6. The van der Waals surface area contributed by atoms with E-state index in [9.17, 15) is 0 Å². The molecule has 0 amide bonds. The van der Waals surface area contributed by atoms with Gasteiger partial charge in [0.25, 0.3) is 0 Å².